The highest BCUT2D eigenvalue weighted by atomic mass is 32.2. The van der Waals surface area contributed by atoms with Crippen molar-refractivity contribution in [2.24, 2.45) is 0 Å². The van der Waals surface area contributed by atoms with E-state index in [1.807, 2.05) is 12.1 Å². The number of carbonyl (C=O) groups excluding carboxylic acids is 3. The van der Waals surface area contributed by atoms with E-state index >= 15 is 0 Å². The van der Waals surface area contributed by atoms with E-state index in [1.165, 1.54) is 4.90 Å². The van der Waals surface area contributed by atoms with Crippen molar-refractivity contribution in [1.29, 1.82) is 0 Å². The topological polar surface area (TPSA) is 97.0 Å². The van der Waals surface area contributed by atoms with E-state index in [1.54, 1.807) is 44.6 Å². The summed E-state index contributed by atoms with van der Waals surface area (Å²) in [6.07, 6.45) is 0. The van der Waals surface area contributed by atoms with Crippen LogP contribution >= 0.6 is 11.8 Å². The average molecular weight is 415 g/mol. The van der Waals surface area contributed by atoms with Gasteiger partial charge < -0.3 is 20.1 Å². The summed E-state index contributed by atoms with van der Waals surface area (Å²) >= 11 is 1.01. The molecule has 0 radical (unpaired) electrons. The van der Waals surface area contributed by atoms with Gasteiger partial charge in [0.2, 0.25) is 5.91 Å². The van der Waals surface area contributed by atoms with Crippen molar-refractivity contribution in [3.05, 3.63) is 53.6 Å². The molecule has 2 aromatic carbocycles. The van der Waals surface area contributed by atoms with E-state index in [-0.39, 0.29) is 36.0 Å². The minimum atomic E-state index is -0.371. The number of methoxy groups -OCH3 is 2. The standard InChI is InChI=1S/C20H21N3O5S/c1-27-16-5-3-4-14(18(16)28-2)10-21-19(25)22-15-8-6-13(7-9-15)11-23-17(24)12-29-20(23)26/h3-9H,10-12H2,1-2H3,(H2,21,22,25). The van der Waals surface area contributed by atoms with Crippen molar-refractivity contribution in [2.45, 2.75) is 13.1 Å². The maximum atomic E-state index is 12.2. The lowest BCUT2D eigenvalue weighted by molar-refractivity contribution is -0.125. The first-order valence-corrected chi connectivity index (χ1v) is 9.81. The molecular weight excluding hydrogens is 394 g/mol. The van der Waals surface area contributed by atoms with E-state index in [2.05, 4.69) is 10.6 Å². The highest BCUT2D eigenvalue weighted by Gasteiger charge is 2.29. The molecule has 1 saturated heterocycles. The Morgan fingerprint density at radius 3 is 2.48 bits per heavy atom. The number of hydrogen-bond donors (Lipinski definition) is 2. The fraction of sp³-hybridized carbons (Fsp3) is 0.250. The zero-order valence-corrected chi connectivity index (χ0v) is 16.9. The largest absolute Gasteiger partial charge is 0.493 e. The maximum absolute atomic E-state index is 12.2. The summed E-state index contributed by atoms with van der Waals surface area (Å²) in [7, 11) is 3.10. The number of imide groups is 1. The molecule has 2 aromatic rings. The zero-order chi connectivity index (χ0) is 20.8. The van der Waals surface area contributed by atoms with Gasteiger partial charge in [-0.05, 0) is 23.8 Å². The molecule has 9 heteroatoms. The highest BCUT2D eigenvalue weighted by molar-refractivity contribution is 8.14. The third-order valence-electron chi connectivity index (χ3n) is 4.32. The van der Waals surface area contributed by atoms with Gasteiger partial charge in [-0.1, -0.05) is 36.0 Å². The molecule has 3 rings (SSSR count). The molecule has 0 unspecified atom stereocenters. The predicted octanol–water partition coefficient (Wildman–Crippen LogP) is 3.22. The van der Waals surface area contributed by atoms with Gasteiger partial charge in [0, 0.05) is 17.8 Å². The van der Waals surface area contributed by atoms with Crippen molar-refractivity contribution in [3.8, 4) is 11.5 Å². The van der Waals surface area contributed by atoms with Gasteiger partial charge in [-0.15, -0.1) is 0 Å². The molecule has 152 valence electrons. The van der Waals surface area contributed by atoms with Crippen LogP contribution in [0, 0.1) is 0 Å². The fourth-order valence-electron chi connectivity index (χ4n) is 2.85. The van der Waals surface area contributed by atoms with Crippen molar-refractivity contribution < 1.29 is 23.9 Å². The molecule has 4 amide bonds. The van der Waals surface area contributed by atoms with Crippen LogP contribution in [-0.4, -0.2) is 42.0 Å². The molecule has 0 bridgehead atoms. The minimum Gasteiger partial charge on any atom is -0.493 e. The van der Waals surface area contributed by atoms with Crippen LogP contribution < -0.4 is 20.1 Å². The molecule has 0 atom stereocenters. The maximum Gasteiger partial charge on any atom is 0.319 e. The van der Waals surface area contributed by atoms with Crippen LogP contribution in [-0.2, 0) is 17.9 Å². The Morgan fingerprint density at radius 2 is 1.86 bits per heavy atom. The summed E-state index contributed by atoms with van der Waals surface area (Å²) < 4.78 is 10.6. The molecule has 0 saturated carbocycles. The van der Waals surface area contributed by atoms with Crippen molar-refractivity contribution in [2.75, 3.05) is 25.3 Å². The SMILES string of the molecule is COc1cccc(CNC(=O)Nc2ccc(CN3C(=O)CSC3=O)cc2)c1OC. The summed E-state index contributed by atoms with van der Waals surface area (Å²) in [5.41, 5.74) is 2.19. The smallest absolute Gasteiger partial charge is 0.319 e. The van der Waals surface area contributed by atoms with Crippen molar-refractivity contribution in [1.82, 2.24) is 10.2 Å². The molecule has 1 fully saturated rings. The van der Waals surface area contributed by atoms with Crippen LogP contribution in [0.15, 0.2) is 42.5 Å². The molecule has 8 nitrogen and oxygen atoms in total. The van der Waals surface area contributed by atoms with Gasteiger partial charge in [-0.2, -0.15) is 0 Å². The zero-order valence-electron chi connectivity index (χ0n) is 16.1. The second kappa shape index (κ2) is 9.33. The molecule has 0 aliphatic carbocycles. The minimum absolute atomic E-state index is 0.186. The normalized spacial score (nSPS) is 13.4. The summed E-state index contributed by atoms with van der Waals surface area (Å²) in [6, 6.07) is 12.1. The number of hydrogen-bond acceptors (Lipinski definition) is 6. The first-order chi connectivity index (χ1) is 14.0. The first kappa shape index (κ1) is 20.5. The number of amides is 4. The number of para-hydroxylation sites is 1. The van der Waals surface area contributed by atoms with Gasteiger partial charge in [0.25, 0.3) is 5.24 Å². The number of benzene rings is 2. The molecule has 1 aliphatic rings. The highest BCUT2D eigenvalue weighted by Crippen LogP contribution is 2.30. The molecule has 0 spiro atoms. The third kappa shape index (κ3) is 5.00. The number of thioether (sulfide) groups is 1. The Hall–Kier alpha value is -3.20. The molecule has 29 heavy (non-hydrogen) atoms. The molecule has 2 N–H and O–H groups in total. The van der Waals surface area contributed by atoms with E-state index in [4.69, 9.17) is 9.47 Å². The summed E-state index contributed by atoms with van der Waals surface area (Å²) in [4.78, 5) is 36.8. The fourth-order valence-corrected chi connectivity index (χ4v) is 3.58. The van der Waals surface area contributed by atoms with Crippen LogP contribution in [0.2, 0.25) is 0 Å². The second-order valence-corrected chi connectivity index (χ2v) is 7.12. The quantitative estimate of drug-likeness (QED) is 0.721. The summed E-state index contributed by atoms with van der Waals surface area (Å²) in [6.45, 7) is 0.494. The Balaban J connectivity index is 1.55. The van der Waals surface area contributed by atoms with Crippen LogP contribution in [0.4, 0.5) is 15.3 Å². The van der Waals surface area contributed by atoms with Gasteiger partial charge in [0.15, 0.2) is 11.5 Å². The van der Waals surface area contributed by atoms with Crippen LogP contribution in [0.3, 0.4) is 0 Å². The van der Waals surface area contributed by atoms with Crippen LogP contribution in [0.1, 0.15) is 11.1 Å². The monoisotopic (exact) mass is 415 g/mol. The number of nitrogens with one attached hydrogen (secondary N) is 2. The third-order valence-corrected chi connectivity index (χ3v) is 5.18. The summed E-state index contributed by atoms with van der Waals surface area (Å²) in [5, 5.41) is 5.28. The van der Waals surface area contributed by atoms with E-state index in [0.717, 1.165) is 22.9 Å². The molecule has 1 heterocycles. The van der Waals surface area contributed by atoms with Crippen LogP contribution in [0.5, 0.6) is 11.5 Å². The molecule has 0 aromatic heterocycles. The van der Waals surface area contributed by atoms with E-state index < -0.39 is 0 Å². The number of anilines is 1. The molecule has 1 aliphatic heterocycles. The average Bonchev–Trinajstić information content (AvgIpc) is 3.05. The summed E-state index contributed by atoms with van der Waals surface area (Å²) in [5.74, 6) is 1.17. The number of ether oxygens (including phenoxy) is 2. The lowest BCUT2D eigenvalue weighted by Crippen LogP contribution is -2.28. The molecular formula is C20H21N3O5S. The van der Waals surface area contributed by atoms with Crippen LogP contribution in [0.25, 0.3) is 0 Å². The van der Waals surface area contributed by atoms with E-state index in [9.17, 15) is 14.4 Å². The van der Waals surface area contributed by atoms with Gasteiger partial charge in [-0.25, -0.2) is 4.79 Å². The number of carbonyl (C=O) groups is 3. The number of urea groups is 1. The Bertz CT molecular complexity index is 901. The van der Waals surface area contributed by atoms with Gasteiger partial charge in [-0.3, -0.25) is 14.5 Å². The van der Waals surface area contributed by atoms with Crippen molar-refractivity contribution in [3.63, 3.8) is 0 Å². The van der Waals surface area contributed by atoms with E-state index in [0.29, 0.717) is 17.2 Å². The number of nitrogens with zero attached hydrogens (tertiary/aromatic N) is 1. The van der Waals surface area contributed by atoms with Gasteiger partial charge >= 0.3 is 6.03 Å². The predicted molar refractivity (Wildman–Crippen MR) is 110 cm³/mol. The first-order valence-electron chi connectivity index (χ1n) is 8.82. The Morgan fingerprint density at radius 1 is 1.10 bits per heavy atom. The Labute approximate surface area is 172 Å². The Kier molecular flexibility index (Phi) is 6.61. The lowest BCUT2D eigenvalue weighted by atomic mass is 10.2. The van der Waals surface area contributed by atoms with Gasteiger partial charge in [0.05, 0.1) is 26.5 Å². The van der Waals surface area contributed by atoms with Gasteiger partial charge in [0.1, 0.15) is 0 Å². The van der Waals surface area contributed by atoms with Crippen molar-refractivity contribution >= 4 is 34.6 Å². The second-order valence-electron chi connectivity index (χ2n) is 6.19. The lowest BCUT2D eigenvalue weighted by Gasteiger charge is -2.14. The number of rotatable bonds is 7.